The number of aromatic carboxylic acids is 1. The van der Waals surface area contributed by atoms with Crippen LogP contribution in [0.1, 0.15) is 25.6 Å². The van der Waals surface area contributed by atoms with Crippen molar-refractivity contribution in [2.45, 2.75) is 6.92 Å². The molecule has 1 N–H and O–H groups in total. The lowest BCUT2D eigenvalue weighted by Gasteiger charge is -1.96. The van der Waals surface area contributed by atoms with Crippen LogP contribution in [0.3, 0.4) is 0 Å². The number of carbonyl (C=O) groups excluding carboxylic acids is 1. The average Bonchev–Trinajstić information content (AvgIpc) is 2.63. The summed E-state index contributed by atoms with van der Waals surface area (Å²) < 4.78 is 0.684. The third-order valence-electron chi connectivity index (χ3n) is 2.46. The number of rotatable bonds is 2. The molecule has 2 aromatic rings. The molecule has 6 nitrogen and oxygen atoms in total. The SMILES string of the molecule is Cc1sc2cc(C(=O)N=[N+]=[N-])ccc2c1C(=O)O. The average molecular weight is 261 g/mol. The van der Waals surface area contributed by atoms with Crippen LogP contribution in [0.25, 0.3) is 20.5 Å². The summed E-state index contributed by atoms with van der Waals surface area (Å²) in [7, 11) is 0. The first-order valence-electron chi connectivity index (χ1n) is 4.90. The van der Waals surface area contributed by atoms with Gasteiger partial charge in [-0.15, -0.1) is 11.3 Å². The minimum atomic E-state index is -0.993. The fourth-order valence-corrected chi connectivity index (χ4v) is 2.81. The van der Waals surface area contributed by atoms with E-state index in [-0.39, 0.29) is 11.1 Å². The van der Waals surface area contributed by atoms with Crippen LogP contribution in [-0.4, -0.2) is 17.0 Å². The summed E-state index contributed by atoms with van der Waals surface area (Å²) in [5.74, 6) is -1.67. The highest BCUT2D eigenvalue weighted by Crippen LogP contribution is 2.31. The molecule has 0 aliphatic carbocycles. The lowest BCUT2D eigenvalue weighted by molar-refractivity contribution is 0.0698. The first kappa shape index (κ1) is 12.1. The third kappa shape index (κ3) is 1.92. The quantitative estimate of drug-likeness (QED) is 0.509. The number of azide groups is 1. The van der Waals surface area contributed by atoms with Gasteiger partial charge >= 0.3 is 5.97 Å². The molecule has 1 heterocycles. The van der Waals surface area contributed by atoms with Crippen molar-refractivity contribution in [1.29, 1.82) is 0 Å². The van der Waals surface area contributed by atoms with Crippen LogP contribution in [0.4, 0.5) is 0 Å². The molecule has 90 valence electrons. The van der Waals surface area contributed by atoms with Crippen LogP contribution < -0.4 is 0 Å². The Bertz CT molecular complexity index is 714. The first-order valence-corrected chi connectivity index (χ1v) is 5.72. The van der Waals surface area contributed by atoms with E-state index in [1.54, 1.807) is 13.0 Å². The Balaban J connectivity index is 2.64. The maximum absolute atomic E-state index is 11.4. The van der Waals surface area contributed by atoms with Crippen LogP contribution in [0.2, 0.25) is 0 Å². The highest BCUT2D eigenvalue weighted by Gasteiger charge is 2.16. The number of aryl methyl sites for hydroxylation is 1. The summed E-state index contributed by atoms with van der Waals surface area (Å²) in [6.07, 6.45) is 0. The number of hydrogen-bond donors (Lipinski definition) is 1. The Morgan fingerprint density at radius 2 is 2.17 bits per heavy atom. The van der Waals surface area contributed by atoms with Gasteiger partial charge in [-0.25, -0.2) is 4.79 Å². The van der Waals surface area contributed by atoms with E-state index in [4.69, 9.17) is 10.6 Å². The van der Waals surface area contributed by atoms with Gasteiger partial charge in [-0.2, -0.15) is 0 Å². The summed E-state index contributed by atoms with van der Waals surface area (Å²) in [5.41, 5.74) is 8.69. The monoisotopic (exact) mass is 261 g/mol. The van der Waals surface area contributed by atoms with Crippen molar-refractivity contribution in [2.24, 2.45) is 5.11 Å². The summed E-state index contributed by atoms with van der Waals surface area (Å²) in [5, 5.41) is 12.7. The number of thiophene rings is 1. The van der Waals surface area contributed by atoms with Crippen molar-refractivity contribution in [3.63, 3.8) is 0 Å². The van der Waals surface area contributed by atoms with E-state index in [2.05, 4.69) is 10.0 Å². The van der Waals surface area contributed by atoms with E-state index < -0.39 is 11.9 Å². The van der Waals surface area contributed by atoms with Crippen LogP contribution in [0.15, 0.2) is 23.3 Å². The van der Waals surface area contributed by atoms with Gasteiger partial charge in [0.25, 0.3) is 0 Å². The number of hydrogen-bond acceptors (Lipinski definition) is 3. The molecule has 0 bridgehead atoms. The Morgan fingerprint density at radius 3 is 2.78 bits per heavy atom. The molecular formula is C11H7N3O3S. The van der Waals surface area contributed by atoms with Gasteiger partial charge in [-0.1, -0.05) is 12.1 Å². The van der Waals surface area contributed by atoms with Gasteiger partial charge in [0.2, 0.25) is 5.91 Å². The Hall–Kier alpha value is -2.37. The number of carboxylic acid groups (broad SMARTS) is 1. The van der Waals surface area contributed by atoms with Crippen molar-refractivity contribution < 1.29 is 14.7 Å². The van der Waals surface area contributed by atoms with Gasteiger partial charge in [-0.3, -0.25) is 4.79 Å². The molecule has 0 atom stereocenters. The number of carboxylic acids is 1. The molecule has 1 aromatic carbocycles. The molecule has 0 aliphatic heterocycles. The summed E-state index contributed by atoms with van der Waals surface area (Å²) in [6.45, 7) is 1.71. The van der Waals surface area contributed by atoms with Crippen molar-refractivity contribution >= 4 is 33.3 Å². The molecule has 1 amide bonds. The second-order valence-electron chi connectivity index (χ2n) is 3.54. The molecule has 0 saturated carbocycles. The van der Waals surface area contributed by atoms with Gasteiger partial charge in [-0.05, 0) is 23.6 Å². The lowest BCUT2D eigenvalue weighted by Crippen LogP contribution is -1.97. The third-order valence-corrected chi connectivity index (χ3v) is 3.53. The first-order chi connectivity index (χ1) is 8.54. The largest absolute Gasteiger partial charge is 0.478 e. The molecule has 7 heteroatoms. The fraction of sp³-hybridized carbons (Fsp3) is 0.0909. The summed E-state index contributed by atoms with van der Waals surface area (Å²) in [4.78, 5) is 25.6. The number of carbonyl (C=O) groups is 2. The number of amides is 1. The highest BCUT2D eigenvalue weighted by atomic mass is 32.1. The Labute approximate surface area is 105 Å². The minimum Gasteiger partial charge on any atom is -0.478 e. The van der Waals surface area contributed by atoms with Crippen molar-refractivity contribution in [2.75, 3.05) is 0 Å². The van der Waals surface area contributed by atoms with Crippen molar-refractivity contribution in [3.8, 4) is 0 Å². The standard InChI is InChI=1S/C11H7N3O3S/c1-5-9(11(16)17)7-3-2-6(4-8(7)18-5)10(15)13-14-12/h2-4H,1H3,(H,16,17). The van der Waals surface area contributed by atoms with Crippen LogP contribution in [-0.2, 0) is 0 Å². The van der Waals surface area contributed by atoms with E-state index in [9.17, 15) is 9.59 Å². The molecule has 0 aliphatic rings. The molecule has 0 spiro atoms. The molecule has 0 unspecified atom stereocenters. The van der Waals surface area contributed by atoms with Gasteiger partial charge in [0.05, 0.1) is 5.56 Å². The van der Waals surface area contributed by atoms with Crippen molar-refractivity contribution in [1.82, 2.24) is 0 Å². The van der Waals surface area contributed by atoms with E-state index in [0.29, 0.717) is 15.0 Å². The maximum atomic E-state index is 11.4. The Morgan fingerprint density at radius 1 is 1.44 bits per heavy atom. The molecule has 0 radical (unpaired) electrons. The van der Waals surface area contributed by atoms with Gasteiger partial charge in [0.1, 0.15) is 0 Å². The van der Waals surface area contributed by atoms with Crippen LogP contribution in [0, 0.1) is 6.92 Å². The number of benzene rings is 1. The molecule has 0 fully saturated rings. The summed E-state index contributed by atoms with van der Waals surface area (Å²) in [6, 6.07) is 4.55. The fourth-order valence-electron chi connectivity index (χ4n) is 1.72. The maximum Gasteiger partial charge on any atom is 0.337 e. The molecule has 1 aromatic heterocycles. The smallest absolute Gasteiger partial charge is 0.337 e. The lowest BCUT2D eigenvalue weighted by atomic mass is 10.1. The summed E-state index contributed by atoms with van der Waals surface area (Å²) >= 11 is 1.29. The molecular weight excluding hydrogens is 254 g/mol. The normalized spacial score (nSPS) is 10.1. The number of fused-ring (bicyclic) bond motifs is 1. The zero-order valence-corrected chi connectivity index (χ0v) is 10.1. The van der Waals surface area contributed by atoms with Crippen molar-refractivity contribution in [3.05, 3.63) is 44.6 Å². The van der Waals surface area contributed by atoms with E-state index in [1.807, 2.05) is 0 Å². The topological polar surface area (TPSA) is 103 Å². The van der Waals surface area contributed by atoms with Crippen LogP contribution in [0.5, 0.6) is 0 Å². The Kier molecular flexibility index (Phi) is 3.01. The van der Waals surface area contributed by atoms with E-state index in [1.165, 1.54) is 23.5 Å². The van der Waals surface area contributed by atoms with Crippen LogP contribution >= 0.6 is 11.3 Å². The van der Waals surface area contributed by atoms with Gasteiger partial charge < -0.3 is 5.11 Å². The predicted octanol–water partition coefficient (Wildman–Crippen LogP) is 3.36. The zero-order valence-electron chi connectivity index (χ0n) is 9.25. The predicted molar refractivity (Wildman–Crippen MR) is 67.0 cm³/mol. The minimum absolute atomic E-state index is 0.248. The van der Waals surface area contributed by atoms with Gasteiger partial charge in [0, 0.05) is 25.4 Å². The van der Waals surface area contributed by atoms with Gasteiger partial charge in [0.15, 0.2) is 0 Å². The number of nitrogens with zero attached hydrogens (tertiary/aromatic N) is 3. The molecule has 18 heavy (non-hydrogen) atoms. The second-order valence-corrected chi connectivity index (χ2v) is 4.80. The van der Waals surface area contributed by atoms with E-state index in [0.717, 1.165) is 0 Å². The zero-order chi connectivity index (χ0) is 13.3. The molecule has 0 saturated heterocycles. The molecule has 2 rings (SSSR count). The highest BCUT2D eigenvalue weighted by molar-refractivity contribution is 7.19. The van der Waals surface area contributed by atoms with E-state index >= 15 is 0 Å². The second kappa shape index (κ2) is 4.48.